The summed E-state index contributed by atoms with van der Waals surface area (Å²) in [7, 11) is 0. The number of halogens is 2. The summed E-state index contributed by atoms with van der Waals surface area (Å²) in [4.78, 5) is 2.86. The van der Waals surface area contributed by atoms with Crippen molar-refractivity contribution in [1.82, 2.24) is 0 Å². The van der Waals surface area contributed by atoms with Gasteiger partial charge in [-0.3, -0.25) is 0 Å². The highest BCUT2D eigenvalue weighted by Gasteiger charge is 2.42. The summed E-state index contributed by atoms with van der Waals surface area (Å²) in [5.74, 6) is 0.739. The van der Waals surface area contributed by atoms with Crippen molar-refractivity contribution in [1.29, 1.82) is 0 Å². The maximum Gasteiger partial charge on any atom is 0.431 e. The zero-order chi connectivity index (χ0) is 12.9. The number of aliphatic hydroxyl groups excluding tert-OH is 1. The number of ether oxygens (including phenoxy) is 1. The lowest BCUT2D eigenvalue weighted by Gasteiger charge is -2.22. The Morgan fingerprint density at radius 2 is 1.94 bits per heavy atom. The maximum absolute atomic E-state index is 12.6. The molecule has 17 heavy (non-hydrogen) atoms. The molecule has 1 fully saturated rings. The molecular weight excluding hydrogens is 234 g/mol. The SMILES string of the molecule is CC(COC(O)C(F)(F)OO)CC1CCCC1. The zero-order valence-corrected chi connectivity index (χ0v) is 9.94. The molecular formula is C11H20F2O4. The monoisotopic (exact) mass is 254 g/mol. The Morgan fingerprint density at radius 3 is 2.47 bits per heavy atom. The van der Waals surface area contributed by atoms with Gasteiger partial charge < -0.3 is 9.84 Å². The van der Waals surface area contributed by atoms with E-state index in [-0.39, 0.29) is 12.5 Å². The first kappa shape index (κ1) is 14.8. The summed E-state index contributed by atoms with van der Waals surface area (Å²) in [6.45, 7) is 1.92. The van der Waals surface area contributed by atoms with Crippen molar-refractivity contribution in [2.24, 2.45) is 11.8 Å². The Morgan fingerprint density at radius 1 is 1.35 bits per heavy atom. The minimum Gasteiger partial charge on any atom is -0.361 e. The van der Waals surface area contributed by atoms with E-state index < -0.39 is 12.4 Å². The van der Waals surface area contributed by atoms with Crippen LogP contribution in [0, 0.1) is 11.8 Å². The first-order valence-electron chi connectivity index (χ1n) is 5.95. The molecule has 0 amide bonds. The van der Waals surface area contributed by atoms with Crippen LogP contribution in [-0.2, 0) is 9.62 Å². The number of hydrogen-bond donors (Lipinski definition) is 2. The molecule has 0 saturated heterocycles. The van der Waals surface area contributed by atoms with E-state index in [1.807, 2.05) is 6.92 Å². The number of alkyl halides is 2. The molecule has 1 aliphatic carbocycles. The van der Waals surface area contributed by atoms with E-state index in [2.05, 4.69) is 9.62 Å². The maximum atomic E-state index is 12.6. The van der Waals surface area contributed by atoms with Gasteiger partial charge >= 0.3 is 6.11 Å². The molecule has 0 aromatic carbocycles. The second-order valence-electron chi connectivity index (χ2n) is 4.83. The summed E-state index contributed by atoms with van der Waals surface area (Å²) >= 11 is 0. The van der Waals surface area contributed by atoms with Gasteiger partial charge in [-0.05, 0) is 18.3 Å². The molecule has 0 aliphatic heterocycles. The van der Waals surface area contributed by atoms with Crippen LogP contribution in [0.25, 0.3) is 0 Å². The molecule has 0 aromatic heterocycles. The highest BCUT2D eigenvalue weighted by atomic mass is 19.3. The van der Waals surface area contributed by atoms with Crippen molar-refractivity contribution in [2.75, 3.05) is 6.61 Å². The van der Waals surface area contributed by atoms with E-state index in [1.54, 1.807) is 0 Å². The van der Waals surface area contributed by atoms with Crippen LogP contribution < -0.4 is 0 Å². The fourth-order valence-electron chi connectivity index (χ4n) is 2.28. The average Bonchev–Trinajstić information content (AvgIpc) is 2.78. The van der Waals surface area contributed by atoms with E-state index in [1.165, 1.54) is 25.7 Å². The minimum atomic E-state index is -4.08. The third-order valence-corrected chi connectivity index (χ3v) is 3.16. The van der Waals surface area contributed by atoms with Crippen LogP contribution in [0.1, 0.15) is 39.0 Å². The van der Waals surface area contributed by atoms with Crippen LogP contribution >= 0.6 is 0 Å². The molecule has 102 valence electrons. The lowest BCUT2D eigenvalue weighted by molar-refractivity contribution is -0.464. The molecule has 0 spiro atoms. The predicted molar refractivity (Wildman–Crippen MR) is 56.4 cm³/mol. The molecule has 0 aromatic rings. The van der Waals surface area contributed by atoms with Crippen LogP contribution in [-0.4, -0.2) is 29.4 Å². The molecule has 2 unspecified atom stereocenters. The van der Waals surface area contributed by atoms with Gasteiger partial charge in [0.15, 0.2) is 0 Å². The highest BCUT2D eigenvalue weighted by Crippen LogP contribution is 2.30. The van der Waals surface area contributed by atoms with E-state index in [0.717, 1.165) is 6.42 Å². The summed E-state index contributed by atoms with van der Waals surface area (Å²) in [5.41, 5.74) is 0. The third kappa shape index (κ3) is 4.83. The van der Waals surface area contributed by atoms with Crippen molar-refractivity contribution in [3.8, 4) is 0 Å². The Labute approximate surface area is 99.5 Å². The standard InChI is InChI=1S/C11H20F2O4/c1-8(6-9-4-2-3-5-9)7-16-10(14)11(12,13)17-15/h8-10,14-15H,2-7H2,1H3. The molecule has 1 saturated carbocycles. The van der Waals surface area contributed by atoms with E-state index in [4.69, 9.17) is 10.4 Å². The van der Waals surface area contributed by atoms with Crippen LogP contribution in [0.5, 0.6) is 0 Å². The molecule has 6 heteroatoms. The molecule has 1 rings (SSSR count). The third-order valence-electron chi connectivity index (χ3n) is 3.16. The second-order valence-corrected chi connectivity index (χ2v) is 4.83. The Kier molecular flexibility index (Phi) is 5.72. The smallest absolute Gasteiger partial charge is 0.361 e. The van der Waals surface area contributed by atoms with Gasteiger partial charge in [-0.25, -0.2) is 5.26 Å². The van der Waals surface area contributed by atoms with Gasteiger partial charge in [-0.15, -0.1) is 0 Å². The van der Waals surface area contributed by atoms with Crippen molar-refractivity contribution < 1.29 is 28.8 Å². The quantitative estimate of drug-likeness (QED) is 0.416. The Bertz CT molecular complexity index is 220. The van der Waals surface area contributed by atoms with Crippen molar-refractivity contribution in [3.63, 3.8) is 0 Å². The summed E-state index contributed by atoms with van der Waals surface area (Å²) in [6.07, 6.45) is -0.760. The molecule has 2 atom stereocenters. The lowest BCUT2D eigenvalue weighted by Crippen LogP contribution is -2.38. The van der Waals surface area contributed by atoms with Gasteiger partial charge in [0, 0.05) is 0 Å². The van der Waals surface area contributed by atoms with Crippen LogP contribution in [0.2, 0.25) is 0 Å². The van der Waals surface area contributed by atoms with Gasteiger partial charge in [-0.1, -0.05) is 32.6 Å². The lowest BCUT2D eigenvalue weighted by atomic mass is 9.95. The topological polar surface area (TPSA) is 58.9 Å². The van der Waals surface area contributed by atoms with Crippen LogP contribution in [0.4, 0.5) is 8.78 Å². The Hall–Kier alpha value is -0.300. The van der Waals surface area contributed by atoms with Crippen LogP contribution in [0.15, 0.2) is 0 Å². The van der Waals surface area contributed by atoms with Gasteiger partial charge in [-0.2, -0.15) is 13.7 Å². The molecule has 0 heterocycles. The van der Waals surface area contributed by atoms with E-state index in [0.29, 0.717) is 5.92 Å². The van der Waals surface area contributed by atoms with Gasteiger partial charge in [0.25, 0.3) is 6.29 Å². The summed E-state index contributed by atoms with van der Waals surface area (Å²) in [6, 6.07) is 0. The number of hydrogen-bond acceptors (Lipinski definition) is 4. The normalized spacial score (nSPS) is 21.7. The molecule has 2 N–H and O–H groups in total. The van der Waals surface area contributed by atoms with E-state index in [9.17, 15) is 8.78 Å². The van der Waals surface area contributed by atoms with Crippen molar-refractivity contribution in [3.05, 3.63) is 0 Å². The van der Waals surface area contributed by atoms with E-state index >= 15 is 0 Å². The average molecular weight is 254 g/mol. The number of aliphatic hydroxyl groups is 1. The number of rotatable bonds is 7. The highest BCUT2D eigenvalue weighted by molar-refractivity contribution is 4.70. The molecule has 0 bridgehead atoms. The Balaban J connectivity index is 2.20. The molecule has 0 radical (unpaired) electrons. The first-order valence-corrected chi connectivity index (χ1v) is 5.95. The first-order chi connectivity index (χ1) is 7.95. The molecule has 1 aliphatic rings. The predicted octanol–water partition coefficient (Wildman–Crippen LogP) is 2.62. The van der Waals surface area contributed by atoms with Gasteiger partial charge in [0.2, 0.25) is 0 Å². The fraction of sp³-hybridized carbons (Fsp3) is 1.00. The van der Waals surface area contributed by atoms with Crippen molar-refractivity contribution >= 4 is 0 Å². The zero-order valence-electron chi connectivity index (χ0n) is 9.94. The minimum absolute atomic E-state index is 0.0244. The second kappa shape index (κ2) is 6.58. The van der Waals surface area contributed by atoms with Gasteiger partial charge in [0.05, 0.1) is 6.61 Å². The van der Waals surface area contributed by atoms with Gasteiger partial charge in [0.1, 0.15) is 0 Å². The fourth-order valence-corrected chi connectivity index (χ4v) is 2.28. The molecule has 4 nitrogen and oxygen atoms in total. The van der Waals surface area contributed by atoms with Crippen molar-refractivity contribution in [2.45, 2.75) is 51.4 Å². The largest absolute Gasteiger partial charge is 0.431 e. The van der Waals surface area contributed by atoms with Crippen LogP contribution in [0.3, 0.4) is 0 Å². The summed E-state index contributed by atoms with van der Waals surface area (Å²) < 4.78 is 29.7. The summed E-state index contributed by atoms with van der Waals surface area (Å²) in [5, 5.41) is 16.8.